The summed E-state index contributed by atoms with van der Waals surface area (Å²) in [5.74, 6) is 0.326. The molecule has 0 saturated heterocycles. The normalized spacial score (nSPS) is 11.4. The quantitative estimate of drug-likeness (QED) is 0.742. The van der Waals surface area contributed by atoms with Gasteiger partial charge in [-0.05, 0) is 43.4 Å². The zero-order valence-corrected chi connectivity index (χ0v) is 16.2. The number of halogens is 1. The van der Waals surface area contributed by atoms with Gasteiger partial charge < -0.3 is 10.1 Å². The van der Waals surface area contributed by atoms with Crippen LogP contribution in [0.1, 0.15) is 0 Å². The molecular formula is C18H21ClN2O4S. The third-order valence-corrected chi connectivity index (χ3v) is 5.64. The van der Waals surface area contributed by atoms with Gasteiger partial charge in [0, 0.05) is 23.3 Å². The number of hydrogen-bond acceptors (Lipinski definition) is 5. The molecule has 0 heterocycles. The van der Waals surface area contributed by atoms with Gasteiger partial charge in [-0.3, -0.25) is 9.69 Å². The van der Waals surface area contributed by atoms with Crippen LogP contribution in [0.25, 0.3) is 0 Å². The van der Waals surface area contributed by atoms with Crippen molar-refractivity contribution in [1.82, 2.24) is 4.90 Å². The molecular weight excluding hydrogens is 376 g/mol. The zero-order valence-electron chi connectivity index (χ0n) is 14.6. The van der Waals surface area contributed by atoms with Gasteiger partial charge in [-0.25, -0.2) is 8.42 Å². The highest BCUT2D eigenvalue weighted by molar-refractivity contribution is 7.91. The summed E-state index contributed by atoms with van der Waals surface area (Å²) in [6.07, 6.45) is 0. The minimum Gasteiger partial charge on any atom is -0.497 e. The van der Waals surface area contributed by atoms with E-state index in [0.717, 1.165) is 0 Å². The molecule has 1 N–H and O–H groups in total. The van der Waals surface area contributed by atoms with Crippen LogP contribution in [0.2, 0.25) is 5.02 Å². The van der Waals surface area contributed by atoms with Crippen LogP contribution in [0.4, 0.5) is 5.69 Å². The molecule has 0 aliphatic rings. The monoisotopic (exact) mass is 396 g/mol. The SMILES string of the molecule is COc1cccc(NC(=O)CN(C)CCS(=O)(=O)c2ccc(Cl)cc2)c1. The fraction of sp³-hybridized carbons (Fsp3) is 0.278. The topological polar surface area (TPSA) is 75.7 Å². The summed E-state index contributed by atoms with van der Waals surface area (Å²) in [4.78, 5) is 14.0. The summed E-state index contributed by atoms with van der Waals surface area (Å²) in [6, 6.07) is 13.1. The molecule has 0 fully saturated rings. The lowest BCUT2D eigenvalue weighted by Gasteiger charge is -2.16. The second-order valence-corrected chi connectivity index (χ2v) is 8.34. The number of methoxy groups -OCH3 is 1. The minimum absolute atomic E-state index is 0.0767. The van der Waals surface area contributed by atoms with Crippen molar-refractivity contribution in [2.24, 2.45) is 0 Å². The van der Waals surface area contributed by atoms with E-state index >= 15 is 0 Å². The molecule has 0 aromatic heterocycles. The summed E-state index contributed by atoms with van der Waals surface area (Å²) in [7, 11) is -0.176. The van der Waals surface area contributed by atoms with Crippen LogP contribution in [0.3, 0.4) is 0 Å². The van der Waals surface area contributed by atoms with Crippen LogP contribution in [0, 0.1) is 0 Å². The molecule has 0 atom stereocenters. The van der Waals surface area contributed by atoms with Crippen LogP contribution in [-0.4, -0.2) is 52.2 Å². The Morgan fingerprint density at radius 1 is 1.19 bits per heavy atom. The molecule has 1 amide bonds. The Bertz CT molecular complexity index is 854. The van der Waals surface area contributed by atoms with Crippen molar-refractivity contribution in [2.45, 2.75) is 4.90 Å². The van der Waals surface area contributed by atoms with E-state index in [-0.39, 0.29) is 29.6 Å². The van der Waals surface area contributed by atoms with Crippen LogP contribution in [-0.2, 0) is 14.6 Å². The number of nitrogens with zero attached hydrogens (tertiary/aromatic N) is 1. The predicted molar refractivity (Wildman–Crippen MR) is 103 cm³/mol. The van der Waals surface area contributed by atoms with Crippen LogP contribution >= 0.6 is 11.6 Å². The molecule has 2 aromatic rings. The summed E-state index contributed by atoms with van der Waals surface area (Å²) < 4.78 is 29.7. The molecule has 8 heteroatoms. The highest BCUT2D eigenvalue weighted by Crippen LogP contribution is 2.17. The molecule has 2 rings (SSSR count). The number of nitrogens with one attached hydrogen (secondary N) is 1. The number of ether oxygens (including phenoxy) is 1. The van der Waals surface area contributed by atoms with Crippen molar-refractivity contribution in [3.05, 3.63) is 53.6 Å². The van der Waals surface area contributed by atoms with Crippen molar-refractivity contribution in [2.75, 3.05) is 38.3 Å². The van der Waals surface area contributed by atoms with Gasteiger partial charge in [0.1, 0.15) is 5.75 Å². The van der Waals surface area contributed by atoms with E-state index < -0.39 is 9.84 Å². The predicted octanol–water partition coefficient (Wildman–Crippen LogP) is 2.69. The summed E-state index contributed by atoms with van der Waals surface area (Å²) in [6.45, 7) is 0.309. The van der Waals surface area contributed by atoms with Gasteiger partial charge in [0.25, 0.3) is 0 Å². The number of benzene rings is 2. The van der Waals surface area contributed by atoms with E-state index in [2.05, 4.69) is 5.32 Å². The molecule has 140 valence electrons. The van der Waals surface area contributed by atoms with E-state index in [1.54, 1.807) is 55.5 Å². The molecule has 0 aliphatic carbocycles. The Labute approximate surface area is 158 Å². The highest BCUT2D eigenvalue weighted by Gasteiger charge is 2.16. The third kappa shape index (κ3) is 6.01. The number of hydrogen-bond donors (Lipinski definition) is 1. The standard InChI is InChI=1S/C18H21ClN2O4S/c1-21(10-11-26(23,24)17-8-6-14(19)7-9-17)13-18(22)20-15-4-3-5-16(12-15)25-2/h3-9,12H,10-11,13H2,1-2H3,(H,20,22). The number of carbonyl (C=O) groups excluding carboxylic acids is 1. The van der Waals surface area contributed by atoms with Gasteiger partial charge in [-0.1, -0.05) is 17.7 Å². The molecule has 0 aliphatic heterocycles. The molecule has 0 bridgehead atoms. The molecule has 2 aromatic carbocycles. The van der Waals surface area contributed by atoms with Gasteiger partial charge in [0.05, 0.1) is 24.3 Å². The second kappa shape index (κ2) is 9.02. The van der Waals surface area contributed by atoms with Gasteiger partial charge in [-0.2, -0.15) is 0 Å². The molecule has 0 saturated carbocycles. The van der Waals surface area contributed by atoms with Crippen molar-refractivity contribution in [3.63, 3.8) is 0 Å². The van der Waals surface area contributed by atoms with Gasteiger partial charge in [-0.15, -0.1) is 0 Å². The fourth-order valence-corrected chi connectivity index (χ4v) is 3.73. The average Bonchev–Trinajstić information content (AvgIpc) is 2.60. The Balaban J connectivity index is 1.86. The van der Waals surface area contributed by atoms with Crippen molar-refractivity contribution >= 4 is 33.0 Å². The lowest BCUT2D eigenvalue weighted by Crippen LogP contribution is -2.33. The number of amides is 1. The van der Waals surface area contributed by atoms with Crippen LogP contribution in [0.15, 0.2) is 53.4 Å². The van der Waals surface area contributed by atoms with E-state index in [1.807, 2.05) is 0 Å². The third-order valence-electron chi connectivity index (χ3n) is 3.68. The number of carbonyl (C=O) groups is 1. The maximum absolute atomic E-state index is 12.3. The minimum atomic E-state index is -3.42. The van der Waals surface area contributed by atoms with Crippen LogP contribution in [0.5, 0.6) is 5.75 Å². The average molecular weight is 397 g/mol. The van der Waals surface area contributed by atoms with Gasteiger partial charge in [0.2, 0.25) is 5.91 Å². The zero-order chi connectivity index (χ0) is 19.2. The Morgan fingerprint density at radius 2 is 1.88 bits per heavy atom. The van der Waals surface area contributed by atoms with Crippen molar-refractivity contribution < 1.29 is 17.9 Å². The number of sulfone groups is 1. The second-order valence-electron chi connectivity index (χ2n) is 5.79. The van der Waals surface area contributed by atoms with E-state index in [1.165, 1.54) is 12.1 Å². The molecule has 0 radical (unpaired) electrons. The van der Waals surface area contributed by atoms with Crippen molar-refractivity contribution in [1.29, 1.82) is 0 Å². The molecule has 6 nitrogen and oxygen atoms in total. The van der Waals surface area contributed by atoms with Crippen LogP contribution < -0.4 is 10.1 Å². The number of anilines is 1. The first-order valence-corrected chi connectivity index (χ1v) is 9.94. The lowest BCUT2D eigenvalue weighted by molar-refractivity contribution is -0.117. The van der Waals surface area contributed by atoms with Gasteiger partial charge in [0.15, 0.2) is 9.84 Å². The Morgan fingerprint density at radius 3 is 2.54 bits per heavy atom. The molecule has 0 spiro atoms. The molecule has 0 unspecified atom stereocenters. The maximum Gasteiger partial charge on any atom is 0.238 e. The van der Waals surface area contributed by atoms with E-state index in [0.29, 0.717) is 16.5 Å². The number of rotatable bonds is 8. The first-order chi connectivity index (χ1) is 12.3. The lowest BCUT2D eigenvalue weighted by atomic mass is 10.3. The Hall–Kier alpha value is -2.09. The largest absolute Gasteiger partial charge is 0.497 e. The van der Waals surface area contributed by atoms with Gasteiger partial charge >= 0.3 is 0 Å². The first kappa shape index (κ1) is 20.2. The highest BCUT2D eigenvalue weighted by atomic mass is 35.5. The summed E-state index contributed by atoms with van der Waals surface area (Å²) in [5.41, 5.74) is 0.622. The maximum atomic E-state index is 12.3. The summed E-state index contributed by atoms with van der Waals surface area (Å²) in [5, 5.41) is 3.24. The first-order valence-electron chi connectivity index (χ1n) is 7.91. The summed E-state index contributed by atoms with van der Waals surface area (Å²) >= 11 is 5.78. The smallest absolute Gasteiger partial charge is 0.238 e. The number of likely N-dealkylation sites (N-methyl/N-ethyl adjacent to an activating group) is 1. The van der Waals surface area contributed by atoms with E-state index in [9.17, 15) is 13.2 Å². The fourth-order valence-electron chi connectivity index (χ4n) is 2.26. The van der Waals surface area contributed by atoms with E-state index in [4.69, 9.17) is 16.3 Å². The van der Waals surface area contributed by atoms with Crippen molar-refractivity contribution in [3.8, 4) is 5.75 Å². The Kier molecular flexibility index (Phi) is 7.02. The molecule has 26 heavy (non-hydrogen) atoms.